The van der Waals surface area contributed by atoms with Gasteiger partial charge in [-0.05, 0) is 54.2 Å². The predicted molar refractivity (Wildman–Crippen MR) is 116 cm³/mol. The standard InChI is InChI=1S/C25H32O4/c1-4-5-6-7-8-24(26)29-23-15-13-21(14-16-23)20-9-11-22(12-10-20)25(27)28-18-17-19(2)3/h9-16,19H,4-8,17-18H2,1-3H3. The zero-order chi connectivity index (χ0) is 21.1. The van der Waals surface area contributed by atoms with Gasteiger partial charge in [0.1, 0.15) is 5.75 Å². The maximum atomic E-state index is 12.1. The molecule has 0 amide bonds. The lowest BCUT2D eigenvalue weighted by atomic mass is 10.0. The van der Waals surface area contributed by atoms with Crippen LogP contribution in [-0.2, 0) is 9.53 Å². The molecule has 0 heterocycles. The summed E-state index contributed by atoms with van der Waals surface area (Å²) in [5.41, 5.74) is 2.53. The molecular formula is C25H32O4. The number of carbonyl (C=O) groups excluding carboxylic acids is 2. The van der Waals surface area contributed by atoms with E-state index in [4.69, 9.17) is 9.47 Å². The van der Waals surface area contributed by atoms with Gasteiger partial charge in [0, 0.05) is 6.42 Å². The van der Waals surface area contributed by atoms with E-state index in [-0.39, 0.29) is 11.9 Å². The van der Waals surface area contributed by atoms with Gasteiger partial charge in [0.25, 0.3) is 0 Å². The van der Waals surface area contributed by atoms with Gasteiger partial charge in [0.05, 0.1) is 12.2 Å². The van der Waals surface area contributed by atoms with Gasteiger partial charge in [0.2, 0.25) is 0 Å². The summed E-state index contributed by atoms with van der Waals surface area (Å²) >= 11 is 0. The molecule has 0 saturated carbocycles. The first-order chi connectivity index (χ1) is 14.0. The Labute approximate surface area is 174 Å². The summed E-state index contributed by atoms with van der Waals surface area (Å²) in [5.74, 6) is 0.584. The van der Waals surface area contributed by atoms with Gasteiger partial charge >= 0.3 is 11.9 Å². The smallest absolute Gasteiger partial charge is 0.338 e. The fourth-order valence-electron chi connectivity index (χ4n) is 2.86. The summed E-state index contributed by atoms with van der Waals surface area (Å²) in [4.78, 5) is 23.9. The summed E-state index contributed by atoms with van der Waals surface area (Å²) in [5, 5.41) is 0. The van der Waals surface area contributed by atoms with Crippen molar-refractivity contribution in [1.29, 1.82) is 0 Å². The van der Waals surface area contributed by atoms with Crippen molar-refractivity contribution in [3.8, 4) is 16.9 Å². The third-order valence-electron chi connectivity index (χ3n) is 4.70. The molecule has 0 aromatic heterocycles. The van der Waals surface area contributed by atoms with Crippen molar-refractivity contribution in [2.24, 2.45) is 5.92 Å². The zero-order valence-corrected chi connectivity index (χ0v) is 17.8. The summed E-state index contributed by atoms with van der Waals surface area (Å²) in [6, 6.07) is 14.8. The number of rotatable bonds is 11. The van der Waals surface area contributed by atoms with Crippen LogP contribution in [0, 0.1) is 5.92 Å². The highest BCUT2D eigenvalue weighted by Crippen LogP contribution is 2.23. The van der Waals surface area contributed by atoms with Gasteiger partial charge < -0.3 is 9.47 Å². The molecule has 0 saturated heterocycles. The Hall–Kier alpha value is -2.62. The van der Waals surface area contributed by atoms with Crippen molar-refractivity contribution in [2.75, 3.05) is 6.61 Å². The van der Waals surface area contributed by atoms with Crippen LogP contribution < -0.4 is 4.74 Å². The normalized spacial score (nSPS) is 10.8. The lowest BCUT2D eigenvalue weighted by molar-refractivity contribution is -0.134. The van der Waals surface area contributed by atoms with Crippen molar-refractivity contribution in [3.63, 3.8) is 0 Å². The van der Waals surface area contributed by atoms with Crippen molar-refractivity contribution < 1.29 is 19.1 Å². The van der Waals surface area contributed by atoms with Crippen LogP contribution in [-0.4, -0.2) is 18.5 Å². The molecule has 2 aromatic carbocycles. The quantitative estimate of drug-likeness (QED) is 0.249. The molecule has 4 heteroatoms. The van der Waals surface area contributed by atoms with E-state index in [0.717, 1.165) is 43.2 Å². The van der Waals surface area contributed by atoms with E-state index in [0.29, 0.717) is 30.3 Å². The summed E-state index contributed by atoms with van der Waals surface area (Å²) in [6.07, 6.45) is 5.55. The molecular weight excluding hydrogens is 364 g/mol. The number of hydrogen-bond acceptors (Lipinski definition) is 4. The van der Waals surface area contributed by atoms with E-state index in [1.807, 2.05) is 24.3 Å². The summed E-state index contributed by atoms with van der Waals surface area (Å²) < 4.78 is 10.7. The zero-order valence-electron chi connectivity index (χ0n) is 17.8. The molecule has 2 rings (SSSR count). The second-order valence-electron chi connectivity index (χ2n) is 7.70. The maximum absolute atomic E-state index is 12.1. The largest absolute Gasteiger partial charge is 0.462 e. The lowest BCUT2D eigenvalue weighted by Gasteiger charge is -2.08. The second kappa shape index (κ2) is 12.1. The molecule has 0 radical (unpaired) electrons. The summed E-state index contributed by atoms with van der Waals surface area (Å²) in [7, 11) is 0. The van der Waals surface area contributed by atoms with E-state index >= 15 is 0 Å². The average molecular weight is 397 g/mol. The molecule has 0 bridgehead atoms. The number of unbranched alkanes of at least 4 members (excludes halogenated alkanes) is 3. The predicted octanol–water partition coefficient (Wildman–Crippen LogP) is 6.43. The van der Waals surface area contributed by atoms with Crippen LogP contribution in [0.1, 0.15) is 69.7 Å². The maximum Gasteiger partial charge on any atom is 0.338 e. The summed E-state index contributed by atoms with van der Waals surface area (Å²) in [6.45, 7) is 6.79. The molecule has 0 aliphatic carbocycles. The van der Waals surface area contributed by atoms with E-state index in [1.165, 1.54) is 0 Å². The van der Waals surface area contributed by atoms with E-state index < -0.39 is 0 Å². The number of esters is 2. The second-order valence-corrected chi connectivity index (χ2v) is 7.70. The number of benzene rings is 2. The van der Waals surface area contributed by atoms with Gasteiger partial charge in [-0.15, -0.1) is 0 Å². The van der Waals surface area contributed by atoms with Gasteiger partial charge in [0.15, 0.2) is 0 Å². The Bertz CT molecular complexity index is 760. The molecule has 0 spiro atoms. The minimum absolute atomic E-state index is 0.186. The topological polar surface area (TPSA) is 52.6 Å². The van der Waals surface area contributed by atoms with Crippen LogP contribution >= 0.6 is 0 Å². The van der Waals surface area contributed by atoms with Crippen LogP contribution in [0.15, 0.2) is 48.5 Å². The van der Waals surface area contributed by atoms with Crippen molar-refractivity contribution >= 4 is 11.9 Å². The molecule has 0 fully saturated rings. The van der Waals surface area contributed by atoms with Crippen molar-refractivity contribution in [1.82, 2.24) is 0 Å². The van der Waals surface area contributed by atoms with Crippen molar-refractivity contribution in [3.05, 3.63) is 54.1 Å². The molecule has 0 unspecified atom stereocenters. The average Bonchev–Trinajstić information content (AvgIpc) is 2.71. The first-order valence-electron chi connectivity index (χ1n) is 10.6. The van der Waals surface area contributed by atoms with Crippen LogP contribution in [0.2, 0.25) is 0 Å². The lowest BCUT2D eigenvalue weighted by Crippen LogP contribution is -2.08. The third kappa shape index (κ3) is 8.10. The molecule has 2 aromatic rings. The number of hydrogen-bond donors (Lipinski definition) is 0. The molecule has 29 heavy (non-hydrogen) atoms. The van der Waals surface area contributed by atoms with E-state index in [2.05, 4.69) is 20.8 Å². The van der Waals surface area contributed by atoms with Crippen LogP contribution in [0.5, 0.6) is 5.75 Å². The molecule has 0 atom stereocenters. The van der Waals surface area contributed by atoms with Crippen LogP contribution in [0.4, 0.5) is 0 Å². The highest BCUT2D eigenvalue weighted by molar-refractivity contribution is 5.90. The van der Waals surface area contributed by atoms with E-state index in [9.17, 15) is 9.59 Å². The minimum Gasteiger partial charge on any atom is -0.462 e. The van der Waals surface area contributed by atoms with Gasteiger partial charge in [-0.3, -0.25) is 4.79 Å². The Kier molecular flexibility index (Phi) is 9.42. The molecule has 0 aliphatic rings. The van der Waals surface area contributed by atoms with Crippen LogP contribution in [0.3, 0.4) is 0 Å². The Morgan fingerprint density at radius 1 is 0.862 bits per heavy atom. The molecule has 0 aliphatic heterocycles. The Morgan fingerprint density at radius 3 is 2.07 bits per heavy atom. The molecule has 156 valence electrons. The SMILES string of the molecule is CCCCCCC(=O)Oc1ccc(-c2ccc(C(=O)OCCC(C)C)cc2)cc1. The molecule has 4 nitrogen and oxygen atoms in total. The highest BCUT2D eigenvalue weighted by Gasteiger charge is 2.09. The monoisotopic (exact) mass is 396 g/mol. The van der Waals surface area contributed by atoms with Gasteiger partial charge in [-0.1, -0.05) is 64.3 Å². The van der Waals surface area contributed by atoms with E-state index in [1.54, 1.807) is 24.3 Å². The van der Waals surface area contributed by atoms with Gasteiger partial charge in [-0.2, -0.15) is 0 Å². The highest BCUT2D eigenvalue weighted by atomic mass is 16.5. The minimum atomic E-state index is -0.293. The number of ether oxygens (including phenoxy) is 2. The molecule has 0 N–H and O–H groups in total. The number of carbonyl (C=O) groups is 2. The van der Waals surface area contributed by atoms with Crippen molar-refractivity contribution in [2.45, 2.75) is 59.3 Å². The Balaban J connectivity index is 1.87. The first kappa shape index (κ1) is 22.7. The fourth-order valence-corrected chi connectivity index (χ4v) is 2.86. The Morgan fingerprint density at radius 2 is 1.48 bits per heavy atom. The first-order valence-corrected chi connectivity index (χ1v) is 10.6. The van der Waals surface area contributed by atoms with Crippen LogP contribution in [0.25, 0.3) is 11.1 Å². The van der Waals surface area contributed by atoms with Gasteiger partial charge in [-0.25, -0.2) is 4.79 Å². The fraction of sp³-hybridized carbons (Fsp3) is 0.440. The third-order valence-corrected chi connectivity index (χ3v) is 4.70.